The van der Waals surface area contributed by atoms with Crippen LogP contribution in [0, 0.1) is 6.92 Å². The highest BCUT2D eigenvalue weighted by Crippen LogP contribution is 2.18. The van der Waals surface area contributed by atoms with Crippen molar-refractivity contribution in [2.45, 2.75) is 80.6 Å². The Labute approximate surface area is 152 Å². The molecule has 0 aliphatic carbocycles. The van der Waals surface area contributed by atoms with Crippen LogP contribution in [0.3, 0.4) is 0 Å². The van der Waals surface area contributed by atoms with Gasteiger partial charge in [-0.05, 0) is 57.2 Å². The lowest BCUT2D eigenvalue weighted by molar-refractivity contribution is 0.675. The normalized spacial score (nSPS) is 8.96. The number of hydrogen-bond acceptors (Lipinski definition) is 0. The highest BCUT2D eigenvalue weighted by molar-refractivity contribution is 5.65. The van der Waals surface area contributed by atoms with Crippen LogP contribution in [0.5, 0.6) is 0 Å². The molecule has 0 bridgehead atoms. The van der Waals surface area contributed by atoms with E-state index in [0.717, 1.165) is 5.57 Å². The van der Waals surface area contributed by atoms with Crippen molar-refractivity contribution in [3.05, 3.63) is 59.7 Å². The fourth-order valence-corrected chi connectivity index (χ4v) is 2.13. The summed E-state index contributed by atoms with van der Waals surface area (Å²) in [5.41, 5.74) is 6.29. The van der Waals surface area contributed by atoms with E-state index >= 15 is 0 Å². The Morgan fingerprint density at radius 2 is 1.67 bits per heavy atom. The van der Waals surface area contributed by atoms with Gasteiger partial charge in [0.05, 0.1) is 0 Å². The SMILES string of the molecule is C=C(C)c1ccc(C=C(C)C)c(C)c1.C=CCCCCCC.CC. The van der Waals surface area contributed by atoms with Crippen LogP contribution < -0.4 is 0 Å². The van der Waals surface area contributed by atoms with E-state index in [4.69, 9.17) is 0 Å². The van der Waals surface area contributed by atoms with Crippen molar-refractivity contribution in [1.29, 1.82) is 0 Å². The van der Waals surface area contributed by atoms with Crippen LogP contribution in [-0.4, -0.2) is 0 Å². The van der Waals surface area contributed by atoms with Crippen molar-refractivity contribution in [3.8, 4) is 0 Å². The van der Waals surface area contributed by atoms with Gasteiger partial charge in [-0.3, -0.25) is 0 Å². The topological polar surface area (TPSA) is 0 Å². The standard InChI is InChI=1S/C14H18.C8H16.C2H6/c1-10(2)8-14-7-6-13(11(3)4)9-12(14)5;1-3-5-7-8-6-4-2;1-2/h6-9H,3H2,1-2,4-5H3;3H,1,4-8H2,2H3;1-2H3. The van der Waals surface area contributed by atoms with Crippen LogP contribution in [0.2, 0.25) is 0 Å². The molecular formula is C24H40. The third kappa shape index (κ3) is 12.9. The molecule has 0 N–H and O–H groups in total. The highest BCUT2D eigenvalue weighted by Gasteiger charge is 1.98. The molecule has 1 aromatic carbocycles. The Morgan fingerprint density at radius 3 is 2.08 bits per heavy atom. The number of benzene rings is 1. The average molecular weight is 329 g/mol. The van der Waals surface area contributed by atoms with Gasteiger partial charge >= 0.3 is 0 Å². The van der Waals surface area contributed by atoms with Crippen molar-refractivity contribution in [2.75, 3.05) is 0 Å². The zero-order valence-electron chi connectivity index (χ0n) is 17.3. The average Bonchev–Trinajstić information content (AvgIpc) is 2.55. The molecule has 0 fully saturated rings. The van der Waals surface area contributed by atoms with Gasteiger partial charge in [0.2, 0.25) is 0 Å². The number of rotatable bonds is 7. The Balaban J connectivity index is 0. The van der Waals surface area contributed by atoms with Crippen molar-refractivity contribution < 1.29 is 0 Å². The van der Waals surface area contributed by atoms with E-state index in [9.17, 15) is 0 Å². The van der Waals surface area contributed by atoms with Crippen LogP contribution in [0.1, 0.15) is 90.3 Å². The second kappa shape index (κ2) is 16.3. The highest BCUT2D eigenvalue weighted by atomic mass is 14.0. The summed E-state index contributed by atoms with van der Waals surface area (Å²) in [7, 11) is 0. The van der Waals surface area contributed by atoms with Gasteiger partial charge in [-0.2, -0.15) is 0 Å². The first-order valence-corrected chi connectivity index (χ1v) is 9.44. The largest absolute Gasteiger partial charge is 0.103 e. The van der Waals surface area contributed by atoms with E-state index in [-0.39, 0.29) is 0 Å². The van der Waals surface area contributed by atoms with Gasteiger partial charge in [-0.25, -0.2) is 0 Å². The number of aryl methyl sites for hydroxylation is 1. The Bertz CT molecular complexity index is 485. The van der Waals surface area contributed by atoms with E-state index in [1.807, 2.05) is 26.8 Å². The van der Waals surface area contributed by atoms with Crippen LogP contribution >= 0.6 is 0 Å². The van der Waals surface area contributed by atoms with Crippen LogP contribution in [0.4, 0.5) is 0 Å². The summed E-state index contributed by atoms with van der Waals surface area (Å²) in [6.07, 6.45) is 10.8. The zero-order valence-corrected chi connectivity index (χ0v) is 17.3. The van der Waals surface area contributed by atoms with E-state index < -0.39 is 0 Å². The minimum atomic E-state index is 1.12. The molecule has 136 valence electrons. The smallest absolute Gasteiger partial charge is 0.0228 e. The van der Waals surface area contributed by atoms with Crippen molar-refractivity contribution in [2.24, 2.45) is 0 Å². The molecule has 0 spiro atoms. The summed E-state index contributed by atoms with van der Waals surface area (Å²) in [5, 5.41) is 0. The zero-order chi connectivity index (χ0) is 19.0. The molecule has 0 saturated carbocycles. The lowest BCUT2D eigenvalue weighted by Gasteiger charge is -2.05. The Morgan fingerprint density at radius 1 is 1.04 bits per heavy atom. The predicted molar refractivity (Wildman–Crippen MR) is 116 cm³/mol. The molecule has 0 aliphatic rings. The van der Waals surface area contributed by atoms with E-state index in [0.29, 0.717) is 0 Å². The molecule has 1 rings (SSSR count). The van der Waals surface area contributed by atoms with Crippen molar-refractivity contribution in [3.63, 3.8) is 0 Å². The van der Waals surface area contributed by atoms with Gasteiger partial charge in [0, 0.05) is 0 Å². The minimum absolute atomic E-state index is 1.12. The van der Waals surface area contributed by atoms with Crippen molar-refractivity contribution >= 4 is 11.6 Å². The maximum atomic E-state index is 3.94. The van der Waals surface area contributed by atoms with Crippen LogP contribution in [0.25, 0.3) is 11.6 Å². The molecule has 24 heavy (non-hydrogen) atoms. The first-order valence-electron chi connectivity index (χ1n) is 9.44. The minimum Gasteiger partial charge on any atom is -0.103 e. The summed E-state index contributed by atoms with van der Waals surface area (Å²) in [6, 6.07) is 6.48. The Kier molecular flexibility index (Phi) is 16.8. The molecular weight excluding hydrogens is 288 g/mol. The molecule has 0 heterocycles. The molecule has 0 amide bonds. The third-order valence-corrected chi connectivity index (χ3v) is 3.47. The van der Waals surface area contributed by atoms with Gasteiger partial charge in [0.1, 0.15) is 0 Å². The monoisotopic (exact) mass is 328 g/mol. The molecule has 0 nitrogen and oxygen atoms in total. The lowest BCUT2D eigenvalue weighted by atomic mass is 10.0. The molecule has 0 saturated heterocycles. The first kappa shape index (κ1) is 24.7. The number of unbranched alkanes of at least 4 members (excludes halogenated alkanes) is 4. The molecule has 0 heteroatoms. The van der Waals surface area contributed by atoms with Crippen LogP contribution in [0.15, 0.2) is 43.0 Å². The van der Waals surface area contributed by atoms with Crippen molar-refractivity contribution in [1.82, 2.24) is 0 Å². The molecule has 0 unspecified atom stereocenters. The molecule has 0 aromatic heterocycles. The Hall–Kier alpha value is -1.56. The fourth-order valence-electron chi connectivity index (χ4n) is 2.13. The maximum absolute atomic E-state index is 3.94. The third-order valence-electron chi connectivity index (χ3n) is 3.47. The summed E-state index contributed by atoms with van der Waals surface area (Å²) in [5.74, 6) is 0. The molecule has 0 aliphatic heterocycles. The fraction of sp³-hybridized carbons (Fsp3) is 0.500. The number of hydrogen-bond donors (Lipinski definition) is 0. The summed E-state index contributed by atoms with van der Waals surface area (Å²) in [6.45, 7) is 22.2. The van der Waals surface area contributed by atoms with Gasteiger partial charge in [-0.1, -0.05) is 88.1 Å². The van der Waals surface area contributed by atoms with Gasteiger partial charge in [-0.15, -0.1) is 6.58 Å². The summed E-state index contributed by atoms with van der Waals surface area (Å²) < 4.78 is 0. The summed E-state index contributed by atoms with van der Waals surface area (Å²) in [4.78, 5) is 0. The van der Waals surface area contributed by atoms with Gasteiger partial charge < -0.3 is 0 Å². The maximum Gasteiger partial charge on any atom is -0.0228 e. The number of allylic oxidation sites excluding steroid dienone is 3. The first-order chi connectivity index (χ1) is 11.4. The quantitative estimate of drug-likeness (QED) is 0.347. The van der Waals surface area contributed by atoms with E-state index in [1.165, 1.54) is 54.4 Å². The predicted octanol–water partition coefficient (Wildman–Crippen LogP) is 8.62. The second-order valence-corrected chi connectivity index (χ2v) is 6.21. The molecule has 0 atom stereocenters. The van der Waals surface area contributed by atoms with E-state index in [2.05, 4.69) is 65.1 Å². The van der Waals surface area contributed by atoms with Gasteiger partial charge in [0.25, 0.3) is 0 Å². The van der Waals surface area contributed by atoms with Crippen LogP contribution in [-0.2, 0) is 0 Å². The van der Waals surface area contributed by atoms with Gasteiger partial charge in [0.15, 0.2) is 0 Å². The summed E-state index contributed by atoms with van der Waals surface area (Å²) >= 11 is 0. The van der Waals surface area contributed by atoms with E-state index in [1.54, 1.807) is 0 Å². The lowest BCUT2D eigenvalue weighted by Crippen LogP contribution is -1.85. The second-order valence-electron chi connectivity index (χ2n) is 6.21. The molecule has 0 radical (unpaired) electrons. The molecule has 1 aromatic rings.